The van der Waals surface area contributed by atoms with Gasteiger partial charge in [-0.15, -0.1) is 5.10 Å². The number of amides is 2. The molecule has 3 aromatic rings. The first-order valence-corrected chi connectivity index (χ1v) is 16.8. The summed E-state index contributed by atoms with van der Waals surface area (Å²) in [7, 11) is 0. The van der Waals surface area contributed by atoms with Crippen LogP contribution in [0, 0.1) is 5.92 Å². The predicted molar refractivity (Wildman–Crippen MR) is 172 cm³/mol. The first kappa shape index (κ1) is 30.6. The van der Waals surface area contributed by atoms with Crippen molar-refractivity contribution in [2.45, 2.75) is 88.4 Å². The summed E-state index contributed by atoms with van der Waals surface area (Å²) in [5.74, 6) is 0.759. The van der Waals surface area contributed by atoms with E-state index in [1.807, 2.05) is 31.4 Å². The number of carbonyl (C=O) groups excluding carboxylic acids is 2. The van der Waals surface area contributed by atoms with Gasteiger partial charge in [-0.2, -0.15) is 9.50 Å². The summed E-state index contributed by atoms with van der Waals surface area (Å²) < 4.78 is 28.9. The molecule has 11 nitrogen and oxygen atoms in total. The van der Waals surface area contributed by atoms with E-state index in [1.165, 1.54) is 4.52 Å². The van der Waals surface area contributed by atoms with Crippen LogP contribution in [-0.2, 0) is 31.9 Å². The molecule has 1 spiro atoms. The minimum atomic E-state index is -1.33. The number of ether oxygens (including phenoxy) is 2. The van der Waals surface area contributed by atoms with Crippen molar-refractivity contribution in [3.63, 3.8) is 0 Å². The van der Waals surface area contributed by atoms with Gasteiger partial charge in [-0.25, -0.2) is 9.18 Å². The number of alkyl halides is 1. The summed E-state index contributed by atoms with van der Waals surface area (Å²) in [6, 6.07) is 4.88. The Morgan fingerprint density at radius 1 is 1.19 bits per heavy atom. The van der Waals surface area contributed by atoms with Crippen molar-refractivity contribution in [3.05, 3.63) is 62.3 Å². The van der Waals surface area contributed by atoms with Gasteiger partial charge in [0.2, 0.25) is 11.7 Å². The highest BCUT2D eigenvalue weighted by molar-refractivity contribution is 6.33. The maximum Gasteiger partial charge on any atom is 0.410 e. The average Bonchev–Trinajstić information content (AvgIpc) is 3.92. The minimum Gasteiger partial charge on any atom is -0.444 e. The highest BCUT2D eigenvalue weighted by Crippen LogP contribution is 2.67. The summed E-state index contributed by atoms with van der Waals surface area (Å²) in [6.07, 6.45) is 5.27. The van der Waals surface area contributed by atoms with Gasteiger partial charge < -0.3 is 24.3 Å². The first-order valence-electron chi connectivity index (χ1n) is 16.4. The third-order valence-electron chi connectivity index (χ3n) is 10.4. The van der Waals surface area contributed by atoms with Crippen LogP contribution in [0.4, 0.5) is 14.9 Å². The van der Waals surface area contributed by atoms with E-state index < -0.39 is 16.7 Å². The molecule has 0 radical (unpaired) electrons. The number of hydrogen-bond donors (Lipinski definition) is 1. The topological polar surface area (TPSA) is 120 Å². The Hall–Kier alpha value is -3.77. The smallest absolute Gasteiger partial charge is 0.410 e. The molecule has 2 aliphatic heterocycles. The van der Waals surface area contributed by atoms with Gasteiger partial charge in [0.1, 0.15) is 17.8 Å². The second-order valence-corrected chi connectivity index (χ2v) is 15.0. The van der Waals surface area contributed by atoms with Crippen LogP contribution in [0.15, 0.2) is 29.1 Å². The lowest BCUT2D eigenvalue weighted by atomic mass is 9.71. The normalized spacial score (nSPS) is 23.7. The van der Waals surface area contributed by atoms with E-state index in [-0.39, 0.29) is 41.0 Å². The molecule has 13 heteroatoms. The van der Waals surface area contributed by atoms with Crippen molar-refractivity contribution >= 4 is 40.6 Å². The van der Waals surface area contributed by atoms with E-state index in [4.69, 9.17) is 31.2 Å². The number of halogens is 2. The van der Waals surface area contributed by atoms with Crippen molar-refractivity contribution in [1.82, 2.24) is 24.1 Å². The van der Waals surface area contributed by atoms with Crippen LogP contribution in [0.1, 0.15) is 87.9 Å². The lowest BCUT2D eigenvalue weighted by molar-refractivity contribution is -0.116. The number of piperidine rings is 1. The monoisotopic (exact) mass is 664 g/mol. The lowest BCUT2D eigenvalue weighted by Crippen LogP contribution is -2.49. The van der Waals surface area contributed by atoms with Crippen molar-refractivity contribution < 1.29 is 23.5 Å². The molecule has 47 heavy (non-hydrogen) atoms. The van der Waals surface area contributed by atoms with Gasteiger partial charge in [0.05, 0.1) is 23.9 Å². The lowest BCUT2D eigenvalue weighted by Gasteiger charge is -2.41. The fraction of sp³-hybridized carbons (Fsp3) is 0.559. The zero-order valence-electron chi connectivity index (χ0n) is 26.8. The number of fused-ring (bicyclic) bond motifs is 6. The van der Waals surface area contributed by atoms with Gasteiger partial charge in [0.15, 0.2) is 5.82 Å². The van der Waals surface area contributed by atoms with Gasteiger partial charge in [-0.3, -0.25) is 9.59 Å². The maximum absolute atomic E-state index is 14.6. The van der Waals surface area contributed by atoms with Gasteiger partial charge in [0, 0.05) is 35.7 Å². The van der Waals surface area contributed by atoms with Crippen LogP contribution < -0.4 is 10.9 Å². The molecule has 2 amide bonds. The summed E-state index contributed by atoms with van der Waals surface area (Å²) in [5, 5.41) is 7.86. The molecule has 2 saturated carbocycles. The standard InChI is InChI=1S/C34H38ClFN6O5/c1-32(2,3)47-31(45)40-12-10-33(11-13-40)22-17-21(22)27-26(33)29(44)42-30(38-28(39-42)19-6-14-46-15-7-19)41(27)18-25(43)37-24-5-4-20(16-23(24)35)34(36)8-9-34/h4-6,16,21-22H,7-15,17-18H2,1-3H3,(H,37,43)/t21-,22+/m0/s1. The molecular formula is C34H38ClFN6O5. The Morgan fingerprint density at radius 2 is 1.96 bits per heavy atom. The molecule has 4 heterocycles. The third kappa shape index (κ3) is 5.15. The van der Waals surface area contributed by atoms with Crippen molar-refractivity contribution in [2.24, 2.45) is 5.92 Å². The van der Waals surface area contributed by atoms with Gasteiger partial charge in [-0.05, 0) is 88.5 Å². The van der Waals surface area contributed by atoms with Crippen molar-refractivity contribution in [1.29, 1.82) is 0 Å². The summed E-state index contributed by atoms with van der Waals surface area (Å²) in [5.41, 5.74) is 0.740. The van der Waals surface area contributed by atoms with E-state index in [2.05, 4.69) is 5.32 Å². The Bertz CT molecular complexity index is 1920. The van der Waals surface area contributed by atoms with Crippen molar-refractivity contribution in [2.75, 3.05) is 31.6 Å². The highest BCUT2D eigenvalue weighted by Gasteiger charge is 2.64. The molecule has 1 N–H and O–H groups in total. The molecular weight excluding hydrogens is 627 g/mol. The van der Waals surface area contributed by atoms with E-state index in [0.717, 1.165) is 17.7 Å². The van der Waals surface area contributed by atoms with Gasteiger partial charge in [-0.1, -0.05) is 23.7 Å². The number of benzene rings is 1. The second kappa shape index (κ2) is 10.6. The van der Waals surface area contributed by atoms with Gasteiger partial charge >= 0.3 is 6.09 Å². The molecule has 248 valence electrons. The molecule has 2 aromatic heterocycles. The Labute approximate surface area is 276 Å². The molecule has 2 atom stereocenters. The van der Waals surface area contributed by atoms with Crippen LogP contribution >= 0.6 is 11.6 Å². The first-order chi connectivity index (χ1) is 22.4. The van der Waals surface area contributed by atoms with E-state index in [1.54, 1.807) is 23.1 Å². The quantitative estimate of drug-likeness (QED) is 0.392. The molecule has 5 aliphatic rings. The van der Waals surface area contributed by atoms with Crippen LogP contribution in [-0.4, -0.2) is 68.0 Å². The molecule has 1 aromatic carbocycles. The van der Waals surface area contributed by atoms with Crippen LogP contribution in [0.3, 0.4) is 0 Å². The molecule has 8 rings (SSSR count). The summed E-state index contributed by atoms with van der Waals surface area (Å²) >= 11 is 6.50. The number of hydrogen-bond acceptors (Lipinski definition) is 7. The summed E-state index contributed by atoms with van der Waals surface area (Å²) in [4.78, 5) is 47.6. The maximum atomic E-state index is 14.6. The summed E-state index contributed by atoms with van der Waals surface area (Å²) in [6.45, 7) is 7.36. The number of nitrogens with zero attached hydrogens (tertiary/aromatic N) is 5. The van der Waals surface area contributed by atoms with Crippen molar-refractivity contribution in [3.8, 4) is 0 Å². The molecule has 0 bridgehead atoms. The van der Waals surface area contributed by atoms with Crippen LogP contribution in [0.25, 0.3) is 11.4 Å². The Kier molecular flexibility index (Phi) is 6.90. The Balaban J connectivity index is 1.16. The van der Waals surface area contributed by atoms with Crippen LogP contribution in [0.2, 0.25) is 5.02 Å². The predicted octanol–water partition coefficient (Wildman–Crippen LogP) is 5.33. The number of aromatic nitrogens is 4. The Morgan fingerprint density at radius 3 is 2.62 bits per heavy atom. The number of nitrogens with one attached hydrogen (secondary N) is 1. The zero-order chi connectivity index (χ0) is 32.9. The number of carbonyl (C=O) groups is 2. The largest absolute Gasteiger partial charge is 0.444 e. The fourth-order valence-electron chi connectivity index (χ4n) is 7.90. The number of likely N-dealkylation sites (tertiary alicyclic amines) is 1. The van der Waals surface area contributed by atoms with E-state index >= 15 is 0 Å². The highest BCUT2D eigenvalue weighted by atomic mass is 35.5. The zero-order valence-corrected chi connectivity index (χ0v) is 27.5. The molecule has 0 unspecified atom stereocenters. The number of anilines is 1. The number of rotatable bonds is 5. The molecule has 3 fully saturated rings. The van der Waals surface area contributed by atoms with Gasteiger partial charge in [0.25, 0.3) is 5.56 Å². The third-order valence-corrected chi connectivity index (χ3v) is 10.8. The molecule has 3 aliphatic carbocycles. The second-order valence-electron chi connectivity index (χ2n) is 14.6. The minimum absolute atomic E-state index is 0.105. The van der Waals surface area contributed by atoms with Crippen LogP contribution in [0.5, 0.6) is 0 Å². The molecule has 1 saturated heterocycles. The van der Waals surface area contributed by atoms with E-state index in [0.29, 0.717) is 86.8 Å². The average molecular weight is 665 g/mol. The fourth-order valence-corrected chi connectivity index (χ4v) is 8.13. The SMILES string of the molecule is CC(C)(C)OC(=O)N1CCC2(CC1)c1c(n(CC(=O)Nc3ccc(C4(F)CC4)cc3Cl)c3nc(C4=CCOCC4)nn3c1=O)[C@H]1C[C@H]12. The van der Waals surface area contributed by atoms with E-state index in [9.17, 15) is 18.8 Å².